The van der Waals surface area contributed by atoms with E-state index in [9.17, 15) is 4.79 Å². The van der Waals surface area contributed by atoms with Gasteiger partial charge in [0.05, 0.1) is 5.39 Å². The van der Waals surface area contributed by atoms with Crippen LogP contribution in [0.1, 0.15) is 0 Å². The van der Waals surface area contributed by atoms with Gasteiger partial charge in [0.2, 0.25) is 0 Å². The van der Waals surface area contributed by atoms with E-state index in [0.717, 1.165) is 37.8 Å². The molecule has 3 aromatic heterocycles. The maximum absolute atomic E-state index is 12.4. The van der Waals surface area contributed by atoms with Crippen LogP contribution in [-0.4, -0.2) is 50.2 Å². The molecule has 0 unspecified atom stereocenters. The third kappa shape index (κ3) is 2.96. The zero-order valence-corrected chi connectivity index (χ0v) is 14.9. The second-order valence-electron chi connectivity index (χ2n) is 6.52. The molecule has 0 aliphatic carbocycles. The van der Waals surface area contributed by atoms with Gasteiger partial charge in [-0.3, -0.25) is 4.79 Å². The fourth-order valence-electron chi connectivity index (χ4n) is 3.19. The molecule has 0 radical (unpaired) electrons. The summed E-state index contributed by atoms with van der Waals surface area (Å²) in [4.78, 5) is 27.6. The lowest BCUT2D eigenvalue weighted by atomic mass is 10.2. The minimum atomic E-state index is -0.0503. The number of hydrogen-bond acceptors (Lipinski definition) is 7. The van der Waals surface area contributed by atoms with Crippen molar-refractivity contribution in [2.75, 3.05) is 55.0 Å². The van der Waals surface area contributed by atoms with Crippen molar-refractivity contribution in [3.8, 4) is 0 Å². The molecule has 1 aliphatic heterocycles. The fourth-order valence-corrected chi connectivity index (χ4v) is 3.19. The number of pyridine rings is 2. The van der Waals surface area contributed by atoms with Crippen molar-refractivity contribution in [3.05, 3.63) is 52.9 Å². The molecule has 0 aromatic carbocycles. The molecule has 1 saturated heterocycles. The van der Waals surface area contributed by atoms with Gasteiger partial charge < -0.3 is 19.1 Å². The third-order valence-corrected chi connectivity index (χ3v) is 4.61. The molecule has 0 spiro atoms. The number of piperazine rings is 1. The van der Waals surface area contributed by atoms with Crippen LogP contribution in [0.2, 0.25) is 0 Å². The number of rotatable bonds is 3. The molecule has 1 fully saturated rings. The highest BCUT2D eigenvalue weighted by Crippen LogP contribution is 2.27. The number of fused-ring (bicyclic) bond motifs is 1. The smallest absolute Gasteiger partial charge is 0.199 e. The zero-order chi connectivity index (χ0) is 18.1. The molecule has 0 saturated carbocycles. The van der Waals surface area contributed by atoms with Crippen molar-refractivity contribution in [3.63, 3.8) is 0 Å². The minimum Gasteiger partial charge on any atom is -0.436 e. The Morgan fingerprint density at radius 2 is 1.77 bits per heavy atom. The lowest BCUT2D eigenvalue weighted by Crippen LogP contribution is -2.47. The molecule has 4 heterocycles. The van der Waals surface area contributed by atoms with Crippen LogP contribution in [0.3, 0.4) is 0 Å². The van der Waals surface area contributed by atoms with Crippen LogP contribution in [0, 0.1) is 0 Å². The minimum absolute atomic E-state index is 0.0503. The van der Waals surface area contributed by atoms with Gasteiger partial charge in [-0.2, -0.15) is 0 Å². The first-order valence-electron chi connectivity index (χ1n) is 8.64. The third-order valence-electron chi connectivity index (χ3n) is 4.61. The van der Waals surface area contributed by atoms with E-state index in [1.807, 2.05) is 38.5 Å². The fraction of sp³-hybridized carbons (Fsp3) is 0.316. The Labute approximate surface area is 151 Å². The molecule has 0 amide bonds. The van der Waals surface area contributed by atoms with E-state index in [2.05, 4.69) is 19.8 Å². The molecule has 7 heteroatoms. The molecule has 1 aliphatic rings. The molecule has 4 rings (SSSR count). The molecule has 3 aromatic rings. The van der Waals surface area contributed by atoms with Crippen LogP contribution in [0.5, 0.6) is 0 Å². The SMILES string of the molecule is CN(C)c1cc(=O)c2ccnc(N3CCN(c4ccccn4)CC3)c2o1. The van der Waals surface area contributed by atoms with Crippen LogP contribution in [0.15, 0.2) is 51.9 Å². The van der Waals surface area contributed by atoms with Gasteiger partial charge in [-0.25, -0.2) is 9.97 Å². The highest BCUT2D eigenvalue weighted by Gasteiger charge is 2.22. The molecular formula is C19H21N5O2. The van der Waals surface area contributed by atoms with E-state index >= 15 is 0 Å². The lowest BCUT2D eigenvalue weighted by molar-refractivity contribution is 0.586. The quantitative estimate of drug-likeness (QED) is 0.715. The Morgan fingerprint density at radius 3 is 2.46 bits per heavy atom. The Hall–Kier alpha value is -3.09. The second-order valence-corrected chi connectivity index (χ2v) is 6.52. The summed E-state index contributed by atoms with van der Waals surface area (Å²) >= 11 is 0. The first-order valence-corrected chi connectivity index (χ1v) is 8.64. The first-order chi connectivity index (χ1) is 12.6. The summed E-state index contributed by atoms with van der Waals surface area (Å²) in [5.74, 6) is 2.24. The molecule has 26 heavy (non-hydrogen) atoms. The van der Waals surface area contributed by atoms with E-state index in [-0.39, 0.29) is 5.43 Å². The number of aromatic nitrogens is 2. The summed E-state index contributed by atoms with van der Waals surface area (Å²) in [6, 6.07) is 9.18. The van der Waals surface area contributed by atoms with Crippen molar-refractivity contribution >= 4 is 28.5 Å². The van der Waals surface area contributed by atoms with Crippen molar-refractivity contribution in [2.45, 2.75) is 0 Å². The lowest BCUT2D eigenvalue weighted by Gasteiger charge is -2.36. The summed E-state index contributed by atoms with van der Waals surface area (Å²) in [5.41, 5.74) is 0.501. The van der Waals surface area contributed by atoms with Crippen molar-refractivity contribution in [1.29, 1.82) is 0 Å². The molecule has 7 nitrogen and oxygen atoms in total. The molecule has 0 atom stereocenters. The van der Waals surface area contributed by atoms with Gasteiger partial charge in [0, 0.05) is 58.7 Å². The number of nitrogens with zero attached hydrogens (tertiary/aromatic N) is 5. The highest BCUT2D eigenvalue weighted by molar-refractivity contribution is 5.87. The number of anilines is 3. The summed E-state index contributed by atoms with van der Waals surface area (Å²) < 4.78 is 6.00. The van der Waals surface area contributed by atoms with E-state index in [1.165, 1.54) is 6.07 Å². The van der Waals surface area contributed by atoms with E-state index in [0.29, 0.717) is 16.9 Å². The molecule has 0 N–H and O–H groups in total. The molecule has 134 valence electrons. The predicted molar refractivity (Wildman–Crippen MR) is 103 cm³/mol. The maximum atomic E-state index is 12.4. The van der Waals surface area contributed by atoms with Crippen molar-refractivity contribution in [2.24, 2.45) is 0 Å². The van der Waals surface area contributed by atoms with Crippen LogP contribution in [-0.2, 0) is 0 Å². The Kier molecular flexibility index (Phi) is 4.20. The average molecular weight is 351 g/mol. The monoisotopic (exact) mass is 351 g/mol. The van der Waals surface area contributed by atoms with Gasteiger partial charge in [0.15, 0.2) is 22.7 Å². The zero-order valence-electron chi connectivity index (χ0n) is 14.9. The molecule has 0 bridgehead atoms. The second kappa shape index (κ2) is 6.67. The largest absolute Gasteiger partial charge is 0.436 e. The van der Waals surface area contributed by atoms with E-state index < -0.39 is 0 Å². The average Bonchev–Trinajstić information content (AvgIpc) is 2.68. The summed E-state index contributed by atoms with van der Waals surface area (Å²) in [6.07, 6.45) is 3.49. The van der Waals surface area contributed by atoms with Gasteiger partial charge >= 0.3 is 0 Å². The normalized spacial score (nSPS) is 14.7. The Balaban J connectivity index is 1.64. The van der Waals surface area contributed by atoms with Crippen molar-refractivity contribution in [1.82, 2.24) is 9.97 Å². The Morgan fingerprint density at radius 1 is 1.00 bits per heavy atom. The topological polar surface area (TPSA) is 65.7 Å². The van der Waals surface area contributed by atoms with Gasteiger partial charge in [-0.05, 0) is 18.2 Å². The van der Waals surface area contributed by atoms with Gasteiger partial charge in [0.1, 0.15) is 5.82 Å². The maximum Gasteiger partial charge on any atom is 0.199 e. The number of hydrogen-bond donors (Lipinski definition) is 0. The standard InChI is InChI=1S/C19H21N5O2/c1-22(2)17-13-15(25)14-6-8-21-19(18(14)26-17)24-11-9-23(10-12-24)16-5-3-4-7-20-16/h3-8,13H,9-12H2,1-2H3. The van der Waals surface area contributed by atoms with Gasteiger partial charge in [0.25, 0.3) is 0 Å². The van der Waals surface area contributed by atoms with Crippen LogP contribution in [0.4, 0.5) is 17.5 Å². The predicted octanol–water partition coefficient (Wildman–Crippen LogP) is 1.98. The van der Waals surface area contributed by atoms with Crippen LogP contribution >= 0.6 is 0 Å². The van der Waals surface area contributed by atoms with Crippen LogP contribution in [0.25, 0.3) is 11.0 Å². The first kappa shape index (κ1) is 16.4. The van der Waals surface area contributed by atoms with Gasteiger partial charge in [-0.1, -0.05) is 6.07 Å². The van der Waals surface area contributed by atoms with Crippen molar-refractivity contribution < 1.29 is 4.42 Å². The highest BCUT2D eigenvalue weighted by atomic mass is 16.4. The molecular weight excluding hydrogens is 330 g/mol. The Bertz CT molecular complexity index is 963. The van der Waals surface area contributed by atoms with E-state index in [1.54, 1.807) is 17.2 Å². The summed E-state index contributed by atoms with van der Waals surface area (Å²) in [5, 5.41) is 0.563. The summed E-state index contributed by atoms with van der Waals surface area (Å²) in [6.45, 7) is 3.26. The summed E-state index contributed by atoms with van der Waals surface area (Å²) in [7, 11) is 3.71. The van der Waals surface area contributed by atoms with Gasteiger partial charge in [-0.15, -0.1) is 0 Å². The van der Waals surface area contributed by atoms with Crippen LogP contribution < -0.4 is 20.1 Å². The van der Waals surface area contributed by atoms with E-state index in [4.69, 9.17) is 4.42 Å².